The van der Waals surface area contributed by atoms with Gasteiger partial charge in [-0.2, -0.15) is 0 Å². The van der Waals surface area contributed by atoms with Gasteiger partial charge in [-0.3, -0.25) is 0 Å². The predicted molar refractivity (Wildman–Crippen MR) is 58.0 cm³/mol. The van der Waals surface area contributed by atoms with Crippen molar-refractivity contribution >= 4 is 12.6 Å². The van der Waals surface area contributed by atoms with Crippen LogP contribution in [-0.4, -0.2) is 14.2 Å². The predicted octanol–water partition coefficient (Wildman–Crippen LogP) is 3.26. The molecule has 0 fully saturated rings. The SMILES string of the molecule is CC.COC.Sc1ccccc1. The van der Waals surface area contributed by atoms with Crippen molar-refractivity contribution in [2.45, 2.75) is 18.7 Å². The van der Waals surface area contributed by atoms with Crippen molar-refractivity contribution in [3.8, 4) is 0 Å². The lowest BCUT2D eigenvalue weighted by Crippen LogP contribution is -1.56. The van der Waals surface area contributed by atoms with E-state index >= 15 is 0 Å². The molecule has 0 atom stereocenters. The smallest absolute Gasteiger partial charge is 0.0351 e. The van der Waals surface area contributed by atoms with E-state index in [2.05, 4.69) is 17.4 Å². The van der Waals surface area contributed by atoms with E-state index in [0.717, 1.165) is 4.90 Å². The summed E-state index contributed by atoms with van der Waals surface area (Å²) in [6, 6.07) is 9.79. The Labute approximate surface area is 81.2 Å². The van der Waals surface area contributed by atoms with Gasteiger partial charge in [-0.05, 0) is 12.1 Å². The van der Waals surface area contributed by atoms with E-state index in [4.69, 9.17) is 0 Å². The minimum absolute atomic E-state index is 1.02. The highest BCUT2D eigenvalue weighted by Gasteiger charge is 1.73. The zero-order valence-electron chi connectivity index (χ0n) is 8.24. The number of hydrogen-bond donors (Lipinski definition) is 1. The van der Waals surface area contributed by atoms with E-state index < -0.39 is 0 Å². The molecule has 0 radical (unpaired) electrons. The van der Waals surface area contributed by atoms with E-state index in [0.29, 0.717) is 0 Å². The van der Waals surface area contributed by atoms with Crippen LogP contribution in [0.15, 0.2) is 35.2 Å². The van der Waals surface area contributed by atoms with E-state index in [9.17, 15) is 0 Å². The second-order valence-electron chi connectivity index (χ2n) is 1.74. The highest BCUT2D eigenvalue weighted by Crippen LogP contribution is 2.00. The van der Waals surface area contributed by atoms with E-state index in [1.807, 2.05) is 44.2 Å². The molecule has 70 valence electrons. The molecule has 0 unspecified atom stereocenters. The van der Waals surface area contributed by atoms with Gasteiger partial charge in [-0.25, -0.2) is 0 Å². The highest BCUT2D eigenvalue weighted by molar-refractivity contribution is 7.80. The fourth-order valence-corrected chi connectivity index (χ4v) is 0.600. The van der Waals surface area contributed by atoms with Crippen molar-refractivity contribution in [3.05, 3.63) is 30.3 Å². The lowest BCUT2D eigenvalue weighted by atomic mass is 10.4. The Bertz CT molecular complexity index is 151. The minimum Gasteiger partial charge on any atom is -0.388 e. The zero-order valence-corrected chi connectivity index (χ0v) is 9.14. The van der Waals surface area contributed by atoms with Crippen LogP contribution in [0.25, 0.3) is 0 Å². The summed E-state index contributed by atoms with van der Waals surface area (Å²) in [4.78, 5) is 1.02. The van der Waals surface area contributed by atoms with Gasteiger partial charge in [-0.1, -0.05) is 32.0 Å². The quantitative estimate of drug-likeness (QED) is 0.612. The fraction of sp³-hybridized carbons (Fsp3) is 0.400. The maximum absolute atomic E-state index is 4.25. The monoisotopic (exact) mass is 186 g/mol. The molecule has 0 saturated carbocycles. The maximum Gasteiger partial charge on any atom is 0.0351 e. The third kappa shape index (κ3) is 12.2. The van der Waals surface area contributed by atoms with Crippen LogP contribution < -0.4 is 0 Å². The Morgan fingerprint density at radius 3 is 1.50 bits per heavy atom. The van der Waals surface area contributed by atoms with Gasteiger partial charge in [0.25, 0.3) is 0 Å². The Morgan fingerprint density at radius 1 is 1.00 bits per heavy atom. The summed E-state index contributed by atoms with van der Waals surface area (Å²) in [5, 5.41) is 0. The molecule has 2 heteroatoms. The summed E-state index contributed by atoms with van der Waals surface area (Å²) < 4.78 is 4.25. The van der Waals surface area contributed by atoms with Crippen LogP contribution in [0.1, 0.15) is 13.8 Å². The highest BCUT2D eigenvalue weighted by atomic mass is 32.1. The third-order valence-electron chi connectivity index (χ3n) is 0.756. The van der Waals surface area contributed by atoms with Crippen LogP contribution in [0.4, 0.5) is 0 Å². The zero-order chi connectivity index (χ0) is 9.82. The topological polar surface area (TPSA) is 9.23 Å². The lowest BCUT2D eigenvalue weighted by Gasteiger charge is -1.81. The van der Waals surface area contributed by atoms with E-state index in [-0.39, 0.29) is 0 Å². The summed E-state index contributed by atoms with van der Waals surface area (Å²) in [7, 11) is 3.25. The molecule has 0 spiro atoms. The first-order valence-corrected chi connectivity index (χ1v) is 4.40. The average molecular weight is 186 g/mol. The summed E-state index contributed by atoms with van der Waals surface area (Å²) in [6.07, 6.45) is 0. The van der Waals surface area contributed by atoms with Crippen LogP contribution in [0.3, 0.4) is 0 Å². The molecule has 0 N–H and O–H groups in total. The Kier molecular flexibility index (Phi) is 15.4. The molecule has 1 nitrogen and oxygen atoms in total. The first-order valence-electron chi connectivity index (χ1n) is 3.95. The van der Waals surface area contributed by atoms with Crippen LogP contribution in [0.5, 0.6) is 0 Å². The Balaban J connectivity index is 0. The second-order valence-corrected chi connectivity index (χ2v) is 2.26. The third-order valence-corrected chi connectivity index (χ3v) is 1.05. The normalized spacial score (nSPS) is 7.08. The van der Waals surface area contributed by atoms with E-state index in [1.165, 1.54) is 0 Å². The first kappa shape index (κ1) is 14.1. The van der Waals surface area contributed by atoms with Crippen molar-refractivity contribution in [1.82, 2.24) is 0 Å². The van der Waals surface area contributed by atoms with Crippen molar-refractivity contribution in [2.75, 3.05) is 14.2 Å². The summed E-state index contributed by atoms with van der Waals surface area (Å²) in [6.45, 7) is 4.00. The number of rotatable bonds is 0. The van der Waals surface area contributed by atoms with Gasteiger partial charge in [0.1, 0.15) is 0 Å². The molecule has 0 heterocycles. The van der Waals surface area contributed by atoms with Crippen molar-refractivity contribution in [1.29, 1.82) is 0 Å². The van der Waals surface area contributed by atoms with Crippen molar-refractivity contribution < 1.29 is 4.74 Å². The molecule has 12 heavy (non-hydrogen) atoms. The number of methoxy groups -OCH3 is 1. The van der Waals surface area contributed by atoms with Crippen LogP contribution >= 0.6 is 12.6 Å². The number of benzene rings is 1. The van der Waals surface area contributed by atoms with Crippen molar-refractivity contribution in [2.24, 2.45) is 0 Å². The van der Waals surface area contributed by atoms with Crippen LogP contribution in [0, 0.1) is 0 Å². The molecule has 0 aliphatic carbocycles. The first-order chi connectivity index (χ1) is 5.81. The van der Waals surface area contributed by atoms with Gasteiger partial charge in [0, 0.05) is 19.1 Å². The summed E-state index contributed by atoms with van der Waals surface area (Å²) in [5.74, 6) is 0. The van der Waals surface area contributed by atoms with Gasteiger partial charge in [0.2, 0.25) is 0 Å². The Morgan fingerprint density at radius 2 is 1.33 bits per heavy atom. The largest absolute Gasteiger partial charge is 0.388 e. The van der Waals surface area contributed by atoms with Gasteiger partial charge in [0.05, 0.1) is 0 Å². The number of hydrogen-bond acceptors (Lipinski definition) is 2. The number of thiol groups is 1. The van der Waals surface area contributed by atoms with Gasteiger partial charge < -0.3 is 4.74 Å². The fourth-order valence-electron chi connectivity index (χ4n) is 0.428. The van der Waals surface area contributed by atoms with Gasteiger partial charge >= 0.3 is 0 Å². The molecular weight excluding hydrogens is 168 g/mol. The van der Waals surface area contributed by atoms with Gasteiger partial charge in [0.15, 0.2) is 0 Å². The molecule has 0 aliphatic rings. The summed E-state index contributed by atoms with van der Waals surface area (Å²) >= 11 is 4.08. The molecular formula is C10H18OS. The molecule has 0 saturated heterocycles. The van der Waals surface area contributed by atoms with E-state index in [1.54, 1.807) is 14.2 Å². The summed E-state index contributed by atoms with van der Waals surface area (Å²) in [5.41, 5.74) is 0. The van der Waals surface area contributed by atoms with Crippen LogP contribution in [-0.2, 0) is 4.74 Å². The maximum atomic E-state index is 4.25. The molecule has 1 rings (SSSR count). The molecule has 0 aromatic heterocycles. The van der Waals surface area contributed by atoms with Crippen molar-refractivity contribution in [3.63, 3.8) is 0 Å². The second kappa shape index (κ2) is 13.1. The Hall–Kier alpha value is -0.470. The number of ether oxygens (including phenoxy) is 1. The molecule has 0 amide bonds. The molecule has 1 aromatic rings. The van der Waals surface area contributed by atoms with Crippen LogP contribution in [0.2, 0.25) is 0 Å². The van der Waals surface area contributed by atoms with Gasteiger partial charge in [-0.15, -0.1) is 12.6 Å². The average Bonchev–Trinajstić information content (AvgIpc) is 2.11. The molecule has 0 bridgehead atoms. The standard InChI is InChI=1S/C6H6S.C2H6O.C2H6/c7-6-4-2-1-3-5-6;1-3-2;1-2/h1-5,7H;1-2H3;1-2H3. The molecule has 0 aliphatic heterocycles. The minimum atomic E-state index is 1.02. The molecule has 1 aromatic carbocycles. The lowest BCUT2D eigenvalue weighted by molar-refractivity contribution is 0.277.